The second-order valence-corrected chi connectivity index (χ2v) is 6.80. The van der Waals surface area contributed by atoms with Gasteiger partial charge in [-0.1, -0.05) is 48.5 Å². The molecule has 0 saturated carbocycles. The fourth-order valence-electron chi connectivity index (χ4n) is 3.09. The second kappa shape index (κ2) is 9.41. The molecule has 3 aromatic rings. The molecule has 1 fully saturated rings. The van der Waals surface area contributed by atoms with Gasteiger partial charge in [-0.2, -0.15) is 5.06 Å². The van der Waals surface area contributed by atoms with Crippen molar-refractivity contribution < 1.29 is 24.3 Å². The maximum atomic E-state index is 11.9. The van der Waals surface area contributed by atoms with Crippen molar-refractivity contribution in [1.82, 2.24) is 10.5 Å². The van der Waals surface area contributed by atoms with Crippen LogP contribution in [0.25, 0.3) is 0 Å². The molecule has 3 aromatic carbocycles. The van der Waals surface area contributed by atoms with Crippen molar-refractivity contribution in [1.29, 1.82) is 0 Å². The molecular weight excluding hydrogens is 384 g/mol. The third-order valence-corrected chi connectivity index (χ3v) is 4.70. The number of hydroxylamine groups is 3. The lowest BCUT2D eigenvalue weighted by Gasteiger charge is -2.09. The van der Waals surface area contributed by atoms with Gasteiger partial charge in [0, 0.05) is 0 Å². The Morgan fingerprint density at radius 2 is 1.47 bits per heavy atom. The van der Waals surface area contributed by atoms with Crippen molar-refractivity contribution in [2.24, 2.45) is 0 Å². The van der Waals surface area contributed by atoms with Crippen LogP contribution in [-0.4, -0.2) is 34.9 Å². The quantitative estimate of drug-likeness (QED) is 0.321. The molecule has 7 heteroatoms. The lowest BCUT2D eigenvalue weighted by atomic mass is 10.2. The Morgan fingerprint density at radius 1 is 0.867 bits per heavy atom. The summed E-state index contributed by atoms with van der Waals surface area (Å²) < 4.78 is 11.6. The predicted molar refractivity (Wildman–Crippen MR) is 109 cm³/mol. The molecule has 2 N–H and O–H groups in total. The number of hydrogen-bond acceptors (Lipinski definition) is 6. The highest BCUT2D eigenvalue weighted by molar-refractivity contribution is 5.84. The third-order valence-electron chi connectivity index (χ3n) is 4.70. The van der Waals surface area contributed by atoms with E-state index >= 15 is 0 Å². The van der Waals surface area contributed by atoms with Gasteiger partial charge in [0.2, 0.25) is 0 Å². The summed E-state index contributed by atoms with van der Waals surface area (Å²) in [5.74, 6) is 1.58. The number of benzene rings is 3. The van der Waals surface area contributed by atoms with E-state index in [1.165, 1.54) is 5.06 Å². The minimum absolute atomic E-state index is 0.242. The number of ether oxygens (including phenoxy) is 2. The maximum absolute atomic E-state index is 11.9. The van der Waals surface area contributed by atoms with Gasteiger partial charge < -0.3 is 9.47 Å². The summed E-state index contributed by atoms with van der Waals surface area (Å²) in [4.78, 5) is 17.6. The van der Waals surface area contributed by atoms with Gasteiger partial charge in [-0.15, -0.1) is 0 Å². The summed E-state index contributed by atoms with van der Waals surface area (Å²) >= 11 is 0. The second-order valence-electron chi connectivity index (χ2n) is 6.80. The van der Waals surface area contributed by atoms with Gasteiger partial charge in [-0.3, -0.25) is 14.8 Å². The summed E-state index contributed by atoms with van der Waals surface area (Å²) in [7, 11) is 0. The molecule has 1 aliphatic heterocycles. The first-order valence-electron chi connectivity index (χ1n) is 9.59. The lowest BCUT2D eigenvalue weighted by Crippen LogP contribution is -2.28. The number of para-hydroxylation sites is 1. The number of hydrogen-bond donors (Lipinski definition) is 2. The maximum Gasteiger partial charge on any atom is 0.264 e. The number of amides is 1. The molecule has 1 aliphatic rings. The largest absolute Gasteiger partial charge is 0.492 e. The molecule has 1 unspecified atom stereocenters. The molecule has 1 amide bonds. The van der Waals surface area contributed by atoms with Crippen molar-refractivity contribution in [2.45, 2.75) is 18.7 Å². The number of rotatable bonds is 9. The Kier molecular flexibility index (Phi) is 6.24. The number of nitrogens with one attached hydrogen (secondary N) is 1. The summed E-state index contributed by atoms with van der Waals surface area (Å²) in [5.41, 5.74) is 2.67. The molecule has 4 rings (SSSR count). The molecule has 0 aromatic heterocycles. The number of carbonyl (C=O) groups excluding carboxylic acids is 1. The Labute approximate surface area is 174 Å². The van der Waals surface area contributed by atoms with E-state index in [1.54, 1.807) is 17.6 Å². The molecule has 0 spiro atoms. The predicted octanol–water partition coefficient (Wildman–Crippen LogP) is 3.55. The molecule has 1 heterocycles. The summed E-state index contributed by atoms with van der Waals surface area (Å²) in [6, 6.07) is 25.5. The van der Waals surface area contributed by atoms with Crippen LogP contribution in [0.4, 0.5) is 0 Å². The van der Waals surface area contributed by atoms with Gasteiger partial charge >= 0.3 is 0 Å². The smallest absolute Gasteiger partial charge is 0.264 e. The van der Waals surface area contributed by atoms with Gasteiger partial charge in [0.25, 0.3) is 5.91 Å². The fourth-order valence-corrected chi connectivity index (χ4v) is 3.09. The molecule has 0 radical (unpaired) electrons. The van der Waals surface area contributed by atoms with Crippen LogP contribution in [0.15, 0.2) is 84.9 Å². The van der Waals surface area contributed by atoms with Crippen LogP contribution in [0.5, 0.6) is 17.2 Å². The van der Waals surface area contributed by atoms with Crippen molar-refractivity contribution in [3.63, 3.8) is 0 Å². The van der Waals surface area contributed by atoms with Gasteiger partial charge in [-0.05, 0) is 42.0 Å². The summed E-state index contributed by atoms with van der Waals surface area (Å²) in [5, 5.41) is 10.5. The van der Waals surface area contributed by atoms with Crippen molar-refractivity contribution in [2.75, 3.05) is 6.61 Å². The third kappa shape index (κ3) is 4.96. The molecule has 0 bridgehead atoms. The first-order chi connectivity index (χ1) is 14.7. The highest BCUT2D eigenvalue weighted by Crippen LogP contribution is 2.31. The fraction of sp³-hybridized carbons (Fsp3) is 0.174. The van der Waals surface area contributed by atoms with Crippen molar-refractivity contribution >= 4 is 5.91 Å². The average molecular weight is 406 g/mol. The van der Waals surface area contributed by atoms with Crippen molar-refractivity contribution in [3.8, 4) is 17.2 Å². The monoisotopic (exact) mass is 406 g/mol. The van der Waals surface area contributed by atoms with Gasteiger partial charge in [0.15, 0.2) is 0 Å². The van der Waals surface area contributed by atoms with Crippen LogP contribution in [0.2, 0.25) is 0 Å². The van der Waals surface area contributed by atoms with Crippen molar-refractivity contribution in [3.05, 3.63) is 90.5 Å². The van der Waals surface area contributed by atoms with E-state index in [0.29, 0.717) is 18.1 Å². The molecule has 1 saturated heterocycles. The van der Waals surface area contributed by atoms with E-state index in [-0.39, 0.29) is 12.6 Å². The average Bonchev–Trinajstić information content (AvgIpc) is 3.51. The van der Waals surface area contributed by atoms with E-state index in [1.807, 2.05) is 72.8 Å². The van der Waals surface area contributed by atoms with Gasteiger partial charge in [0.05, 0.1) is 12.6 Å². The minimum Gasteiger partial charge on any atom is -0.492 e. The van der Waals surface area contributed by atoms with Gasteiger partial charge in [-0.25, -0.2) is 5.48 Å². The van der Waals surface area contributed by atoms with Crippen LogP contribution in [0.1, 0.15) is 5.56 Å². The van der Waals surface area contributed by atoms with E-state index in [4.69, 9.17) is 19.5 Å². The van der Waals surface area contributed by atoms with Crippen LogP contribution in [-0.2, 0) is 16.2 Å². The Bertz CT molecular complexity index is 950. The van der Waals surface area contributed by atoms with Gasteiger partial charge in [0.1, 0.15) is 29.9 Å². The molecule has 7 nitrogen and oxygen atoms in total. The topological polar surface area (TPSA) is 80.0 Å². The SMILES string of the molecule is O=C(NO)[C@H]1[C@@H](COc2ccc(Oc3ccccc3)cc2)N1OCc1ccccc1. The highest BCUT2D eigenvalue weighted by atomic mass is 16.7. The number of carbonyl (C=O) groups is 1. The molecule has 154 valence electrons. The van der Waals surface area contributed by atoms with Crippen LogP contribution >= 0.6 is 0 Å². The zero-order chi connectivity index (χ0) is 20.8. The Hall–Kier alpha value is -3.39. The lowest BCUT2D eigenvalue weighted by molar-refractivity contribution is -0.139. The van der Waals surface area contributed by atoms with E-state index in [2.05, 4.69) is 0 Å². The van der Waals surface area contributed by atoms with E-state index < -0.39 is 11.9 Å². The minimum atomic E-state index is -0.598. The zero-order valence-corrected chi connectivity index (χ0v) is 16.2. The zero-order valence-electron chi connectivity index (χ0n) is 16.2. The van der Waals surface area contributed by atoms with E-state index in [0.717, 1.165) is 11.3 Å². The molecular formula is C23H22N2O5. The molecule has 30 heavy (non-hydrogen) atoms. The summed E-state index contributed by atoms with van der Waals surface area (Å²) in [6.07, 6.45) is 0. The number of nitrogens with zero attached hydrogens (tertiary/aromatic N) is 1. The van der Waals surface area contributed by atoms with Crippen LogP contribution < -0.4 is 15.0 Å². The van der Waals surface area contributed by atoms with Crippen LogP contribution in [0, 0.1) is 0 Å². The molecule has 0 aliphatic carbocycles. The normalized spacial score (nSPS) is 19.7. The Balaban J connectivity index is 1.30. The first-order valence-corrected chi connectivity index (χ1v) is 9.59. The first kappa shape index (κ1) is 19.9. The summed E-state index contributed by atoms with van der Waals surface area (Å²) in [6.45, 7) is 0.573. The Morgan fingerprint density at radius 3 is 2.13 bits per heavy atom. The molecule has 3 atom stereocenters. The van der Waals surface area contributed by atoms with Crippen LogP contribution in [0.3, 0.4) is 0 Å². The highest BCUT2D eigenvalue weighted by Gasteiger charge is 2.55. The van der Waals surface area contributed by atoms with E-state index in [9.17, 15) is 4.79 Å². The standard InChI is InChI=1S/C23H22N2O5/c26-23(24-27)22-21(25(22)29-15-17-7-3-1-4-8-17)16-28-18-11-13-20(14-12-18)30-19-9-5-2-6-10-19/h1-14,21-22,27H,15-16H2,(H,24,26)/t21-,22-,25?/m1/s1.